The van der Waals surface area contributed by atoms with Crippen molar-refractivity contribution in [2.45, 2.75) is 5.92 Å². The molecule has 2 aromatic rings. The normalized spacial score (nSPS) is 14.4. The summed E-state index contributed by atoms with van der Waals surface area (Å²) in [7, 11) is 0. The van der Waals surface area contributed by atoms with Gasteiger partial charge in [-0.3, -0.25) is 0 Å². The molecule has 0 unspecified atom stereocenters. The van der Waals surface area contributed by atoms with Crippen molar-refractivity contribution in [2.75, 3.05) is 0 Å². The van der Waals surface area contributed by atoms with Gasteiger partial charge in [-0.2, -0.15) is 0 Å². The Labute approximate surface area is 102 Å². The molecule has 0 radical (unpaired) electrons. The highest BCUT2D eigenvalue weighted by Gasteiger charge is 2.12. The van der Waals surface area contributed by atoms with E-state index in [2.05, 4.69) is 78.9 Å². The van der Waals surface area contributed by atoms with Gasteiger partial charge in [0, 0.05) is 5.92 Å². The second-order valence-electron chi connectivity index (χ2n) is 4.25. The van der Waals surface area contributed by atoms with Crippen LogP contribution in [0.3, 0.4) is 0 Å². The van der Waals surface area contributed by atoms with Crippen LogP contribution in [0, 0.1) is 0 Å². The van der Waals surface area contributed by atoms with Gasteiger partial charge in [-0.05, 0) is 16.7 Å². The third-order valence-electron chi connectivity index (χ3n) is 3.15. The summed E-state index contributed by atoms with van der Waals surface area (Å²) in [6, 6.07) is 19.2. The van der Waals surface area contributed by atoms with E-state index in [1.807, 2.05) is 0 Å². The van der Waals surface area contributed by atoms with Gasteiger partial charge in [0.2, 0.25) is 0 Å². The Hall–Kier alpha value is -2.08. The standard InChI is InChI=1S/C17H14/c1-2-8-14(9-3-1)16-12-6-7-13-17(16)15-10-4-5-11-15/h1-13,15H. The van der Waals surface area contributed by atoms with Crippen LogP contribution in [0.5, 0.6) is 0 Å². The van der Waals surface area contributed by atoms with E-state index in [4.69, 9.17) is 0 Å². The summed E-state index contributed by atoms with van der Waals surface area (Å²) < 4.78 is 0. The lowest BCUT2D eigenvalue weighted by Crippen LogP contribution is -1.92. The molecule has 17 heavy (non-hydrogen) atoms. The van der Waals surface area contributed by atoms with Gasteiger partial charge in [-0.25, -0.2) is 0 Å². The molecule has 0 N–H and O–H groups in total. The molecule has 2 aromatic carbocycles. The van der Waals surface area contributed by atoms with Gasteiger partial charge in [0.25, 0.3) is 0 Å². The van der Waals surface area contributed by atoms with E-state index in [0.29, 0.717) is 5.92 Å². The van der Waals surface area contributed by atoms with Crippen molar-refractivity contribution in [1.82, 2.24) is 0 Å². The molecule has 0 spiro atoms. The quantitative estimate of drug-likeness (QED) is 0.693. The lowest BCUT2D eigenvalue weighted by atomic mass is 9.91. The highest BCUT2D eigenvalue weighted by atomic mass is 14.2. The molecule has 0 aliphatic heterocycles. The molecule has 82 valence electrons. The minimum Gasteiger partial charge on any atom is -0.0732 e. The second kappa shape index (κ2) is 4.42. The zero-order valence-electron chi connectivity index (χ0n) is 9.58. The van der Waals surface area contributed by atoms with Crippen LogP contribution in [-0.2, 0) is 0 Å². The van der Waals surface area contributed by atoms with E-state index in [1.54, 1.807) is 0 Å². The van der Waals surface area contributed by atoms with Crippen LogP contribution in [0.1, 0.15) is 11.5 Å². The Bertz CT molecular complexity index is 550. The van der Waals surface area contributed by atoms with Crippen LogP contribution >= 0.6 is 0 Å². The minimum absolute atomic E-state index is 0.423. The predicted octanol–water partition coefficient (Wildman–Crippen LogP) is 4.56. The summed E-state index contributed by atoms with van der Waals surface area (Å²) in [5.41, 5.74) is 4.00. The van der Waals surface area contributed by atoms with Gasteiger partial charge < -0.3 is 0 Å². The molecule has 0 saturated heterocycles. The first-order valence-corrected chi connectivity index (χ1v) is 5.94. The maximum atomic E-state index is 2.24. The third kappa shape index (κ3) is 1.94. The van der Waals surface area contributed by atoms with Gasteiger partial charge in [0.1, 0.15) is 0 Å². The number of rotatable bonds is 2. The van der Waals surface area contributed by atoms with Gasteiger partial charge >= 0.3 is 0 Å². The number of hydrogen-bond donors (Lipinski definition) is 0. The molecular weight excluding hydrogens is 204 g/mol. The summed E-state index contributed by atoms with van der Waals surface area (Å²) in [4.78, 5) is 0. The minimum atomic E-state index is 0.423. The summed E-state index contributed by atoms with van der Waals surface area (Å²) >= 11 is 0. The van der Waals surface area contributed by atoms with Crippen molar-refractivity contribution in [1.29, 1.82) is 0 Å². The molecule has 3 rings (SSSR count). The lowest BCUT2D eigenvalue weighted by Gasteiger charge is -2.13. The molecular formula is C17H14. The zero-order chi connectivity index (χ0) is 11.5. The van der Waals surface area contributed by atoms with Crippen molar-refractivity contribution < 1.29 is 0 Å². The summed E-state index contributed by atoms with van der Waals surface area (Å²) in [6.07, 6.45) is 8.71. The largest absolute Gasteiger partial charge is 0.0732 e. The van der Waals surface area contributed by atoms with Crippen molar-refractivity contribution in [3.8, 4) is 11.1 Å². The van der Waals surface area contributed by atoms with Crippen LogP contribution in [0.25, 0.3) is 11.1 Å². The fourth-order valence-corrected chi connectivity index (χ4v) is 2.31. The van der Waals surface area contributed by atoms with Crippen LogP contribution in [0.2, 0.25) is 0 Å². The first-order valence-electron chi connectivity index (χ1n) is 5.94. The summed E-state index contributed by atoms with van der Waals surface area (Å²) in [5, 5.41) is 0. The Morgan fingerprint density at radius 2 is 1.29 bits per heavy atom. The van der Waals surface area contributed by atoms with E-state index in [-0.39, 0.29) is 0 Å². The number of benzene rings is 2. The van der Waals surface area contributed by atoms with Crippen molar-refractivity contribution in [3.63, 3.8) is 0 Å². The molecule has 1 aliphatic carbocycles. The molecule has 0 bridgehead atoms. The van der Waals surface area contributed by atoms with Gasteiger partial charge in [0.05, 0.1) is 0 Å². The Balaban J connectivity index is 2.11. The molecule has 0 amide bonds. The molecule has 0 fully saturated rings. The van der Waals surface area contributed by atoms with Crippen LogP contribution in [0.4, 0.5) is 0 Å². The smallest absolute Gasteiger partial charge is 0.0211 e. The Kier molecular flexibility index (Phi) is 2.63. The van der Waals surface area contributed by atoms with Crippen molar-refractivity contribution >= 4 is 0 Å². The lowest BCUT2D eigenvalue weighted by molar-refractivity contribution is 1.11. The first-order chi connectivity index (χ1) is 8.45. The predicted molar refractivity (Wildman–Crippen MR) is 72.9 cm³/mol. The molecule has 0 saturated carbocycles. The van der Waals surface area contributed by atoms with Crippen LogP contribution in [0.15, 0.2) is 78.9 Å². The highest BCUT2D eigenvalue weighted by molar-refractivity contribution is 5.69. The zero-order valence-corrected chi connectivity index (χ0v) is 9.58. The van der Waals surface area contributed by atoms with Gasteiger partial charge in [-0.15, -0.1) is 0 Å². The molecule has 0 aromatic heterocycles. The molecule has 0 heteroatoms. The first kappa shape index (κ1) is 10.1. The molecule has 0 nitrogen and oxygen atoms in total. The molecule has 0 heterocycles. The van der Waals surface area contributed by atoms with Crippen molar-refractivity contribution in [2.24, 2.45) is 0 Å². The second-order valence-corrected chi connectivity index (χ2v) is 4.25. The fourth-order valence-electron chi connectivity index (χ4n) is 2.31. The van der Waals surface area contributed by atoms with E-state index in [0.717, 1.165) is 0 Å². The van der Waals surface area contributed by atoms with E-state index in [1.165, 1.54) is 16.7 Å². The average Bonchev–Trinajstić information content (AvgIpc) is 2.94. The van der Waals surface area contributed by atoms with E-state index >= 15 is 0 Å². The van der Waals surface area contributed by atoms with Crippen LogP contribution in [-0.4, -0.2) is 0 Å². The highest BCUT2D eigenvalue weighted by Crippen LogP contribution is 2.32. The third-order valence-corrected chi connectivity index (χ3v) is 3.15. The van der Waals surface area contributed by atoms with Gasteiger partial charge in [-0.1, -0.05) is 78.9 Å². The number of allylic oxidation sites excluding steroid dienone is 4. The maximum absolute atomic E-state index is 2.24. The van der Waals surface area contributed by atoms with Gasteiger partial charge in [0.15, 0.2) is 0 Å². The molecule has 0 atom stereocenters. The van der Waals surface area contributed by atoms with Crippen molar-refractivity contribution in [3.05, 3.63) is 84.5 Å². The van der Waals surface area contributed by atoms with Crippen LogP contribution < -0.4 is 0 Å². The topological polar surface area (TPSA) is 0 Å². The molecule has 1 aliphatic rings. The Morgan fingerprint density at radius 3 is 2.06 bits per heavy atom. The SMILES string of the molecule is C1=CC(c2ccccc2-c2ccccc2)C=C1. The van der Waals surface area contributed by atoms with E-state index in [9.17, 15) is 0 Å². The maximum Gasteiger partial charge on any atom is 0.0211 e. The van der Waals surface area contributed by atoms with E-state index < -0.39 is 0 Å². The monoisotopic (exact) mass is 218 g/mol. The fraction of sp³-hybridized carbons (Fsp3) is 0.0588. The summed E-state index contributed by atoms with van der Waals surface area (Å²) in [5.74, 6) is 0.423. The number of hydrogen-bond acceptors (Lipinski definition) is 0. The Morgan fingerprint density at radius 1 is 0.647 bits per heavy atom. The average molecular weight is 218 g/mol. The summed E-state index contributed by atoms with van der Waals surface area (Å²) in [6.45, 7) is 0.